The molecule has 0 atom stereocenters. The largest absolute Gasteiger partial charge is 0.358 e. The fraction of sp³-hybridized carbons (Fsp3) is 0.261. The van der Waals surface area contributed by atoms with Crippen LogP contribution in [0, 0.1) is 26.2 Å². The van der Waals surface area contributed by atoms with Gasteiger partial charge in [0.15, 0.2) is 5.78 Å². The predicted molar refractivity (Wildman–Crippen MR) is 110 cm³/mol. The maximum Gasteiger partial charge on any atom is 0.239 e. The minimum Gasteiger partial charge on any atom is -0.358 e. The molecular weight excluding hydrogens is 352 g/mol. The van der Waals surface area contributed by atoms with Crippen molar-refractivity contribution in [1.29, 1.82) is 0 Å². The summed E-state index contributed by atoms with van der Waals surface area (Å²) >= 11 is 0. The minimum absolute atomic E-state index is 0.00301. The van der Waals surface area contributed by atoms with Crippen LogP contribution in [0.15, 0.2) is 42.5 Å². The van der Waals surface area contributed by atoms with E-state index in [1.165, 1.54) is 11.9 Å². The molecular formula is C23H24N2O3. The molecule has 2 aromatic rings. The third kappa shape index (κ3) is 5.31. The van der Waals surface area contributed by atoms with Gasteiger partial charge in [0.1, 0.15) is 6.54 Å². The number of aryl methyl sites for hydroxylation is 2. The molecule has 2 amide bonds. The van der Waals surface area contributed by atoms with Crippen LogP contribution in [0.25, 0.3) is 0 Å². The topological polar surface area (TPSA) is 66.5 Å². The van der Waals surface area contributed by atoms with Crippen LogP contribution >= 0.6 is 0 Å². The summed E-state index contributed by atoms with van der Waals surface area (Å²) in [7, 11) is 1.51. The highest BCUT2D eigenvalue weighted by molar-refractivity contribution is 6.03. The molecule has 0 spiro atoms. The Morgan fingerprint density at radius 1 is 1.04 bits per heavy atom. The van der Waals surface area contributed by atoms with Gasteiger partial charge in [-0.25, -0.2) is 0 Å². The van der Waals surface area contributed by atoms with Gasteiger partial charge in [0.25, 0.3) is 0 Å². The highest BCUT2D eigenvalue weighted by Gasteiger charge is 2.20. The first kappa shape index (κ1) is 20.9. The second-order valence-corrected chi connectivity index (χ2v) is 6.57. The maximum atomic E-state index is 12.8. The van der Waals surface area contributed by atoms with E-state index in [2.05, 4.69) is 11.2 Å². The Balaban J connectivity index is 2.15. The molecule has 0 saturated carbocycles. The van der Waals surface area contributed by atoms with E-state index in [4.69, 9.17) is 6.42 Å². The summed E-state index contributed by atoms with van der Waals surface area (Å²) in [6.45, 7) is 3.79. The first-order valence-electron chi connectivity index (χ1n) is 9.03. The average molecular weight is 376 g/mol. The van der Waals surface area contributed by atoms with Crippen LogP contribution in [0.4, 0.5) is 5.69 Å². The van der Waals surface area contributed by atoms with E-state index in [0.717, 1.165) is 11.1 Å². The van der Waals surface area contributed by atoms with Gasteiger partial charge in [0.2, 0.25) is 11.8 Å². The van der Waals surface area contributed by atoms with Gasteiger partial charge in [0, 0.05) is 36.7 Å². The second kappa shape index (κ2) is 9.52. The predicted octanol–water partition coefficient (Wildman–Crippen LogP) is 3.03. The summed E-state index contributed by atoms with van der Waals surface area (Å²) in [4.78, 5) is 38.5. The molecule has 144 valence electrons. The molecule has 0 unspecified atom stereocenters. The zero-order valence-electron chi connectivity index (χ0n) is 16.4. The standard InChI is InChI=1S/C23H24N2O3/c1-5-18-7-6-8-20(14-18)25(15-22(27)24-4)23(28)12-11-21(26)19-10-9-16(2)17(3)13-19/h1,6-10,13-14H,11-12,15H2,2-4H3,(H,24,27). The number of terminal acetylenes is 1. The number of rotatable bonds is 7. The normalized spacial score (nSPS) is 10.1. The lowest BCUT2D eigenvalue weighted by Crippen LogP contribution is -2.40. The number of benzene rings is 2. The molecule has 1 N–H and O–H groups in total. The zero-order chi connectivity index (χ0) is 20.7. The third-order valence-corrected chi connectivity index (χ3v) is 4.60. The molecule has 5 heteroatoms. The maximum absolute atomic E-state index is 12.8. The number of carbonyl (C=O) groups is 3. The lowest BCUT2D eigenvalue weighted by Gasteiger charge is -2.22. The molecule has 2 aromatic carbocycles. The molecule has 0 aliphatic heterocycles. The molecule has 0 radical (unpaired) electrons. The van der Waals surface area contributed by atoms with Crippen LogP contribution in [-0.2, 0) is 9.59 Å². The Labute approximate surface area is 165 Å². The summed E-state index contributed by atoms with van der Waals surface area (Å²) in [5.74, 6) is 1.80. The molecule has 28 heavy (non-hydrogen) atoms. The first-order valence-corrected chi connectivity index (χ1v) is 9.03. The monoisotopic (exact) mass is 376 g/mol. The van der Waals surface area contributed by atoms with Crippen LogP contribution < -0.4 is 10.2 Å². The smallest absolute Gasteiger partial charge is 0.239 e. The van der Waals surface area contributed by atoms with Crippen molar-refractivity contribution in [3.8, 4) is 12.3 Å². The molecule has 0 aliphatic rings. The Bertz CT molecular complexity index is 941. The van der Waals surface area contributed by atoms with Crippen LogP contribution in [0.2, 0.25) is 0 Å². The quantitative estimate of drug-likeness (QED) is 0.597. The Morgan fingerprint density at radius 3 is 2.43 bits per heavy atom. The van der Waals surface area contributed by atoms with Crippen molar-refractivity contribution in [2.45, 2.75) is 26.7 Å². The number of amides is 2. The van der Waals surface area contributed by atoms with Crippen LogP contribution in [-0.4, -0.2) is 31.2 Å². The lowest BCUT2D eigenvalue weighted by atomic mass is 10.0. The number of likely N-dealkylation sites (N-methyl/N-ethyl adjacent to an activating group) is 1. The van der Waals surface area contributed by atoms with E-state index in [9.17, 15) is 14.4 Å². The number of nitrogens with zero attached hydrogens (tertiary/aromatic N) is 1. The highest BCUT2D eigenvalue weighted by atomic mass is 16.2. The van der Waals surface area contributed by atoms with Crippen molar-refractivity contribution in [2.24, 2.45) is 0 Å². The van der Waals surface area contributed by atoms with Gasteiger partial charge in [0.05, 0.1) is 0 Å². The first-order chi connectivity index (χ1) is 13.3. The molecule has 0 saturated heterocycles. The molecule has 0 fully saturated rings. The highest BCUT2D eigenvalue weighted by Crippen LogP contribution is 2.18. The number of hydrogen-bond donors (Lipinski definition) is 1. The van der Waals surface area contributed by atoms with E-state index >= 15 is 0 Å². The van der Waals surface area contributed by atoms with Crippen LogP contribution in [0.3, 0.4) is 0 Å². The SMILES string of the molecule is C#Cc1cccc(N(CC(=O)NC)C(=O)CCC(=O)c2ccc(C)c(C)c2)c1. The Hall–Kier alpha value is -3.39. The number of Topliss-reactive ketones (excluding diaryl/α,β-unsaturated/α-hetero) is 1. The molecule has 0 aromatic heterocycles. The fourth-order valence-corrected chi connectivity index (χ4v) is 2.72. The summed E-state index contributed by atoms with van der Waals surface area (Å²) in [5, 5.41) is 2.51. The number of hydrogen-bond acceptors (Lipinski definition) is 3. The summed E-state index contributed by atoms with van der Waals surface area (Å²) < 4.78 is 0. The number of anilines is 1. The molecule has 0 aliphatic carbocycles. The summed E-state index contributed by atoms with van der Waals surface area (Å²) in [5.41, 5.74) is 3.87. The van der Waals surface area contributed by atoms with Crippen molar-refractivity contribution in [3.05, 3.63) is 64.7 Å². The van der Waals surface area contributed by atoms with Crippen LogP contribution in [0.1, 0.15) is 39.9 Å². The van der Waals surface area contributed by atoms with E-state index in [-0.39, 0.29) is 37.0 Å². The zero-order valence-corrected chi connectivity index (χ0v) is 16.4. The van der Waals surface area contributed by atoms with Gasteiger partial charge in [-0.15, -0.1) is 6.42 Å². The number of carbonyl (C=O) groups excluding carboxylic acids is 3. The van der Waals surface area contributed by atoms with Crippen molar-refractivity contribution < 1.29 is 14.4 Å². The molecule has 2 rings (SSSR count). The Morgan fingerprint density at radius 2 is 1.79 bits per heavy atom. The van der Waals surface area contributed by atoms with Gasteiger partial charge in [-0.3, -0.25) is 14.4 Å². The molecule has 0 bridgehead atoms. The van der Waals surface area contributed by atoms with Gasteiger partial charge >= 0.3 is 0 Å². The van der Waals surface area contributed by atoms with E-state index in [1.807, 2.05) is 26.0 Å². The van der Waals surface area contributed by atoms with E-state index in [1.54, 1.807) is 30.3 Å². The van der Waals surface area contributed by atoms with Gasteiger partial charge in [-0.1, -0.05) is 24.1 Å². The van der Waals surface area contributed by atoms with Gasteiger partial charge < -0.3 is 10.2 Å². The van der Waals surface area contributed by atoms with Gasteiger partial charge in [-0.05, 0) is 49.2 Å². The minimum atomic E-state index is -0.310. The van der Waals surface area contributed by atoms with E-state index in [0.29, 0.717) is 16.8 Å². The molecule has 5 nitrogen and oxygen atoms in total. The number of nitrogens with one attached hydrogen (secondary N) is 1. The van der Waals surface area contributed by atoms with Crippen LogP contribution in [0.5, 0.6) is 0 Å². The second-order valence-electron chi connectivity index (χ2n) is 6.57. The van der Waals surface area contributed by atoms with E-state index < -0.39 is 0 Å². The summed E-state index contributed by atoms with van der Waals surface area (Å²) in [6, 6.07) is 12.4. The van der Waals surface area contributed by atoms with Crippen molar-refractivity contribution in [1.82, 2.24) is 5.32 Å². The van der Waals surface area contributed by atoms with Crippen molar-refractivity contribution in [3.63, 3.8) is 0 Å². The fourth-order valence-electron chi connectivity index (χ4n) is 2.72. The lowest BCUT2D eigenvalue weighted by molar-refractivity contribution is -0.123. The van der Waals surface area contributed by atoms with Gasteiger partial charge in [-0.2, -0.15) is 0 Å². The summed E-state index contributed by atoms with van der Waals surface area (Å²) in [6.07, 6.45) is 5.50. The average Bonchev–Trinajstić information content (AvgIpc) is 2.71. The van der Waals surface area contributed by atoms with Crippen molar-refractivity contribution >= 4 is 23.3 Å². The van der Waals surface area contributed by atoms with Crippen molar-refractivity contribution in [2.75, 3.05) is 18.5 Å². The number of ketones is 1. The molecule has 0 heterocycles. The third-order valence-electron chi connectivity index (χ3n) is 4.60. The Kier molecular flexibility index (Phi) is 7.11.